The average Bonchev–Trinajstić information content (AvgIpc) is 3.07. The highest BCUT2D eigenvalue weighted by molar-refractivity contribution is 7.88. The fourth-order valence-corrected chi connectivity index (χ4v) is 3.09. The van der Waals surface area contributed by atoms with Gasteiger partial charge in [0.2, 0.25) is 0 Å². The van der Waals surface area contributed by atoms with Crippen molar-refractivity contribution in [2.45, 2.75) is 5.51 Å². The van der Waals surface area contributed by atoms with Crippen LogP contribution in [-0.4, -0.2) is 42.0 Å². The van der Waals surface area contributed by atoms with Gasteiger partial charge in [-0.1, -0.05) is 30.3 Å². The van der Waals surface area contributed by atoms with Gasteiger partial charge in [-0.15, -0.1) is 0 Å². The van der Waals surface area contributed by atoms with Gasteiger partial charge in [0.1, 0.15) is 17.5 Å². The standard InChI is InChI=1S/C18H17F3N6O3S/c1-23-17-12(10-22)14(30-31(28,29)18(19,20)21)9-15(25-17)24-16-8-13(26-27(16)2)11-6-4-3-5-7-11/h3-10,22H,1-2H3,(H2,23,24,25). The number of aryl methyl sites for hydroxylation is 1. The fraction of sp³-hybridized carbons (Fsp3) is 0.167. The SMILES string of the molecule is CNc1nc(Nc2cc(-c3ccccc3)nn2C)cc(OS(=O)(=O)C(F)(F)F)c1C=N. The van der Waals surface area contributed by atoms with Crippen LogP contribution in [0.5, 0.6) is 5.75 Å². The van der Waals surface area contributed by atoms with E-state index in [4.69, 9.17) is 5.41 Å². The van der Waals surface area contributed by atoms with Crippen molar-refractivity contribution < 1.29 is 25.8 Å². The second-order valence-electron chi connectivity index (χ2n) is 6.17. The van der Waals surface area contributed by atoms with Crippen molar-refractivity contribution in [3.05, 3.63) is 48.0 Å². The van der Waals surface area contributed by atoms with E-state index in [0.717, 1.165) is 11.6 Å². The third-order valence-electron chi connectivity index (χ3n) is 4.09. The third-order valence-corrected chi connectivity index (χ3v) is 5.06. The van der Waals surface area contributed by atoms with Gasteiger partial charge in [-0.3, -0.25) is 4.68 Å². The number of nitrogens with one attached hydrogen (secondary N) is 3. The lowest BCUT2D eigenvalue weighted by atomic mass is 10.1. The van der Waals surface area contributed by atoms with Crippen LogP contribution in [0.4, 0.5) is 30.6 Å². The summed E-state index contributed by atoms with van der Waals surface area (Å²) in [5.74, 6) is -0.358. The number of alkyl halides is 3. The van der Waals surface area contributed by atoms with Gasteiger partial charge in [0, 0.05) is 38.0 Å². The first-order chi connectivity index (χ1) is 14.6. The Balaban J connectivity index is 2.01. The number of benzene rings is 1. The summed E-state index contributed by atoms with van der Waals surface area (Å²) in [6, 6.07) is 11.9. The maximum absolute atomic E-state index is 12.8. The minimum atomic E-state index is -5.94. The molecule has 0 aliphatic heterocycles. The molecule has 0 unspecified atom stereocenters. The molecule has 9 nitrogen and oxygen atoms in total. The Hall–Kier alpha value is -3.61. The molecule has 1 aromatic carbocycles. The zero-order chi connectivity index (χ0) is 22.8. The summed E-state index contributed by atoms with van der Waals surface area (Å²) in [5.41, 5.74) is -4.42. The summed E-state index contributed by atoms with van der Waals surface area (Å²) in [6.07, 6.45) is 0.640. The van der Waals surface area contributed by atoms with Crippen LogP contribution in [-0.2, 0) is 17.2 Å². The van der Waals surface area contributed by atoms with Gasteiger partial charge in [-0.25, -0.2) is 4.98 Å². The summed E-state index contributed by atoms with van der Waals surface area (Å²) >= 11 is 0. The van der Waals surface area contributed by atoms with Gasteiger partial charge in [0.15, 0.2) is 5.75 Å². The molecule has 0 aliphatic rings. The first-order valence-electron chi connectivity index (χ1n) is 8.66. The normalized spacial score (nSPS) is 11.8. The lowest BCUT2D eigenvalue weighted by Crippen LogP contribution is -2.28. The molecule has 0 spiro atoms. The van der Waals surface area contributed by atoms with Crippen LogP contribution in [0.3, 0.4) is 0 Å². The van der Waals surface area contributed by atoms with Crippen LogP contribution in [0.1, 0.15) is 5.56 Å². The Morgan fingerprint density at radius 2 is 1.87 bits per heavy atom. The van der Waals surface area contributed by atoms with Crippen LogP contribution in [0.25, 0.3) is 11.3 Å². The Bertz CT molecular complexity index is 1210. The van der Waals surface area contributed by atoms with Gasteiger partial charge >= 0.3 is 15.6 Å². The van der Waals surface area contributed by atoms with Crippen LogP contribution in [0.2, 0.25) is 0 Å². The van der Waals surface area contributed by atoms with Gasteiger partial charge in [0.05, 0.1) is 11.3 Å². The van der Waals surface area contributed by atoms with Crippen molar-refractivity contribution in [1.82, 2.24) is 14.8 Å². The third kappa shape index (κ3) is 4.60. The molecule has 0 saturated carbocycles. The zero-order valence-corrected chi connectivity index (χ0v) is 17.0. The topological polar surface area (TPSA) is 122 Å². The number of rotatable bonds is 7. The van der Waals surface area contributed by atoms with E-state index < -0.39 is 21.4 Å². The highest BCUT2D eigenvalue weighted by Gasteiger charge is 2.49. The van der Waals surface area contributed by atoms with Crippen LogP contribution in [0, 0.1) is 5.41 Å². The van der Waals surface area contributed by atoms with Crippen molar-refractivity contribution in [1.29, 1.82) is 5.41 Å². The van der Waals surface area contributed by atoms with Crippen molar-refractivity contribution in [3.63, 3.8) is 0 Å². The molecule has 0 amide bonds. The maximum atomic E-state index is 12.8. The molecular weight excluding hydrogens is 437 g/mol. The lowest BCUT2D eigenvalue weighted by molar-refractivity contribution is -0.0500. The second-order valence-corrected chi connectivity index (χ2v) is 7.71. The minimum absolute atomic E-state index is 0.0232. The highest BCUT2D eigenvalue weighted by atomic mass is 32.2. The number of nitrogens with zero attached hydrogens (tertiary/aromatic N) is 3. The molecule has 31 heavy (non-hydrogen) atoms. The Labute approximate surface area is 175 Å². The van der Waals surface area contributed by atoms with E-state index in [2.05, 4.69) is 24.9 Å². The summed E-state index contributed by atoms with van der Waals surface area (Å²) in [4.78, 5) is 4.16. The molecule has 0 radical (unpaired) electrons. The van der Waals surface area contributed by atoms with Crippen LogP contribution >= 0.6 is 0 Å². The first-order valence-corrected chi connectivity index (χ1v) is 10.1. The molecule has 0 fully saturated rings. The number of anilines is 3. The first kappa shape index (κ1) is 22.1. The number of pyridine rings is 1. The Morgan fingerprint density at radius 3 is 2.45 bits per heavy atom. The summed E-state index contributed by atoms with van der Waals surface area (Å²) in [6.45, 7) is 0. The molecule has 3 rings (SSSR count). The van der Waals surface area contributed by atoms with Crippen LogP contribution < -0.4 is 14.8 Å². The summed E-state index contributed by atoms with van der Waals surface area (Å²) in [7, 11) is -2.88. The summed E-state index contributed by atoms with van der Waals surface area (Å²) < 4.78 is 67.0. The molecule has 0 aliphatic carbocycles. The van der Waals surface area contributed by atoms with E-state index in [1.165, 1.54) is 11.7 Å². The largest absolute Gasteiger partial charge is 0.534 e. The van der Waals surface area contributed by atoms with Crippen molar-refractivity contribution in [2.24, 2.45) is 7.05 Å². The highest BCUT2D eigenvalue weighted by Crippen LogP contribution is 2.33. The fourth-order valence-electron chi connectivity index (χ4n) is 2.63. The van der Waals surface area contributed by atoms with Gasteiger partial charge in [-0.05, 0) is 0 Å². The Morgan fingerprint density at radius 1 is 1.19 bits per heavy atom. The molecule has 13 heteroatoms. The number of hydrogen-bond acceptors (Lipinski definition) is 8. The molecule has 0 bridgehead atoms. The number of aromatic nitrogens is 3. The van der Waals surface area contributed by atoms with Gasteiger partial charge in [0.25, 0.3) is 0 Å². The zero-order valence-electron chi connectivity index (χ0n) is 16.2. The average molecular weight is 454 g/mol. The van der Waals surface area contributed by atoms with E-state index in [1.807, 2.05) is 30.3 Å². The van der Waals surface area contributed by atoms with E-state index in [-0.39, 0.29) is 17.2 Å². The van der Waals surface area contributed by atoms with E-state index in [0.29, 0.717) is 17.7 Å². The van der Waals surface area contributed by atoms with Crippen molar-refractivity contribution in [3.8, 4) is 17.0 Å². The molecule has 164 valence electrons. The lowest BCUT2D eigenvalue weighted by Gasteiger charge is -2.15. The molecule has 3 N–H and O–H groups in total. The summed E-state index contributed by atoms with van der Waals surface area (Å²) in [5, 5.41) is 17.3. The Kier molecular flexibility index (Phi) is 5.88. The van der Waals surface area contributed by atoms with Crippen molar-refractivity contribution in [2.75, 3.05) is 17.7 Å². The maximum Gasteiger partial charge on any atom is 0.534 e. The molecule has 2 heterocycles. The quantitative estimate of drug-likeness (QED) is 0.284. The van der Waals surface area contributed by atoms with E-state index in [9.17, 15) is 21.6 Å². The molecule has 2 aromatic heterocycles. The predicted octanol–water partition coefficient (Wildman–Crippen LogP) is 3.49. The van der Waals surface area contributed by atoms with Gasteiger partial charge in [-0.2, -0.15) is 26.7 Å². The molecular formula is C18H17F3N6O3S. The number of hydrogen-bond donors (Lipinski definition) is 3. The van der Waals surface area contributed by atoms with Crippen LogP contribution in [0.15, 0.2) is 42.5 Å². The monoisotopic (exact) mass is 454 g/mol. The minimum Gasteiger partial charge on any atom is -0.375 e. The molecule has 3 aromatic rings. The van der Waals surface area contributed by atoms with E-state index in [1.54, 1.807) is 13.1 Å². The van der Waals surface area contributed by atoms with E-state index >= 15 is 0 Å². The number of halogens is 3. The molecule has 0 saturated heterocycles. The predicted molar refractivity (Wildman–Crippen MR) is 109 cm³/mol. The molecule has 0 atom stereocenters. The second kappa shape index (κ2) is 8.26. The van der Waals surface area contributed by atoms with Crippen molar-refractivity contribution >= 4 is 33.8 Å². The smallest absolute Gasteiger partial charge is 0.375 e. The van der Waals surface area contributed by atoms with Gasteiger partial charge < -0.3 is 20.2 Å².